The van der Waals surface area contributed by atoms with Crippen molar-refractivity contribution in [2.24, 2.45) is 10.8 Å². The van der Waals surface area contributed by atoms with E-state index < -0.39 is 0 Å². The quantitative estimate of drug-likeness (QED) is 0.575. The molecule has 0 fully saturated rings. The first-order valence-corrected chi connectivity index (χ1v) is 10.7. The van der Waals surface area contributed by atoms with Crippen molar-refractivity contribution >= 4 is 0 Å². The molecule has 150 valence electrons. The van der Waals surface area contributed by atoms with Gasteiger partial charge in [0, 0.05) is 23.0 Å². The van der Waals surface area contributed by atoms with E-state index in [0.717, 1.165) is 24.7 Å². The molecule has 2 bridgehead atoms. The highest BCUT2D eigenvalue weighted by molar-refractivity contribution is 5.63. The molecule has 3 aliphatic rings. The zero-order valence-electron chi connectivity index (χ0n) is 18.3. The van der Waals surface area contributed by atoms with Gasteiger partial charge in [0.25, 0.3) is 0 Å². The SMILES string of the molecule is CC(C)(C)COc1ccc(OCC(C)(C)C)c2c1C1CCC2c2ccccc21. The predicted molar refractivity (Wildman–Crippen MR) is 116 cm³/mol. The van der Waals surface area contributed by atoms with Gasteiger partial charge < -0.3 is 9.47 Å². The number of rotatable bonds is 4. The third-order valence-electron chi connectivity index (χ3n) is 5.72. The second-order valence-corrected chi connectivity index (χ2v) is 10.9. The second-order valence-electron chi connectivity index (χ2n) is 10.9. The fraction of sp³-hybridized carbons (Fsp3) is 0.538. The minimum absolute atomic E-state index is 0.139. The van der Waals surface area contributed by atoms with Crippen LogP contribution in [0.25, 0.3) is 0 Å². The monoisotopic (exact) mass is 378 g/mol. The Morgan fingerprint density at radius 2 is 1.07 bits per heavy atom. The largest absolute Gasteiger partial charge is 0.493 e. The normalized spacial score (nSPS) is 20.5. The van der Waals surface area contributed by atoms with Crippen LogP contribution in [-0.2, 0) is 0 Å². The van der Waals surface area contributed by atoms with Crippen molar-refractivity contribution in [1.29, 1.82) is 0 Å². The highest BCUT2D eigenvalue weighted by Gasteiger charge is 2.41. The Morgan fingerprint density at radius 1 is 0.679 bits per heavy atom. The zero-order valence-corrected chi connectivity index (χ0v) is 18.3. The maximum Gasteiger partial charge on any atom is 0.123 e. The lowest BCUT2D eigenvalue weighted by Crippen LogP contribution is -2.28. The molecule has 0 aliphatic heterocycles. The molecule has 0 amide bonds. The van der Waals surface area contributed by atoms with E-state index in [1.807, 2.05) is 0 Å². The van der Waals surface area contributed by atoms with E-state index in [9.17, 15) is 0 Å². The first-order chi connectivity index (χ1) is 13.1. The van der Waals surface area contributed by atoms with Crippen molar-refractivity contribution in [2.45, 2.75) is 66.2 Å². The summed E-state index contributed by atoms with van der Waals surface area (Å²) in [5, 5.41) is 0. The topological polar surface area (TPSA) is 18.5 Å². The first kappa shape index (κ1) is 19.4. The van der Waals surface area contributed by atoms with Crippen molar-refractivity contribution < 1.29 is 9.47 Å². The van der Waals surface area contributed by atoms with Gasteiger partial charge in [-0.2, -0.15) is 0 Å². The molecule has 0 saturated carbocycles. The summed E-state index contributed by atoms with van der Waals surface area (Å²) in [5.41, 5.74) is 6.01. The smallest absolute Gasteiger partial charge is 0.123 e. The highest BCUT2D eigenvalue weighted by atomic mass is 16.5. The molecule has 0 radical (unpaired) electrons. The Balaban J connectivity index is 1.79. The van der Waals surface area contributed by atoms with Crippen molar-refractivity contribution in [2.75, 3.05) is 13.2 Å². The molecule has 0 N–H and O–H groups in total. The summed E-state index contributed by atoms with van der Waals surface area (Å²) in [4.78, 5) is 0. The minimum atomic E-state index is 0.139. The van der Waals surface area contributed by atoms with Gasteiger partial charge in [-0.05, 0) is 46.9 Å². The maximum absolute atomic E-state index is 6.38. The molecule has 0 heterocycles. The van der Waals surface area contributed by atoms with Gasteiger partial charge in [0.2, 0.25) is 0 Å². The Bertz CT molecular complexity index is 795. The molecule has 5 rings (SSSR count). The van der Waals surface area contributed by atoms with E-state index in [-0.39, 0.29) is 10.8 Å². The second kappa shape index (κ2) is 6.83. The van der Waals surface area contributed by atoms with Crippen molar-refractivity contribution in [3.8, 4) is 11.5 Å². The van der Waals surface area contributed by atoms with Gasteiger partial charge in [-0.3, -0.25) is 0 Å². The van der Waals surface area contributed by atoms with Crippen molar-refractivity contribution in [3.63, 3.8) is 0 Å². The average Bonchev–Trinajstić information content (AvgIpc) is 2.64. The van der Waals surface area contributed by atoms with Crippen LogP contribution in [0.2, 0.25) is 0 Å². The van der Waals surface area contributed by atoms with E-state index in [1.165, 1.54) is 35.1 Å². The van der Waals surface area contributed by atoms with Crippen LogP contribution in [0.3, 0.4) is 0 Å². The Labute approximate surface area is 170 Å². The van der Waals surface area contributed by atoms with Gasteiger partial charge >= 0.3 is 0 Å². The summed E-state index contributed by atoms with van der Waals surface area (Å²) in [5.74, 6) is 2.95. The summed E-state index contributed by atoms with van der Waals surface area (Å²) < 4.78 is 12.8. The van der Waals surface area contributed by atoms with Gasteiger partial charge in [-0.25, -0.2) is 0 Å². The molecule has 2 aromatic carbocycles. The molecule has 0 spiro atoms. The van der Waals surface area contributed by atoms with Gasteiger partial charge in [0.05, 0.1) is 13.2 Å². The molecule has 2 heteroatoms. The Kier molecular flexibility index (Phi) is 4.72. The standard InChI is InChI=1S/C26H34O2/c1-25(2,3)15-27-21-13-14-22(28-16-26(4,5)6)24-20-12-11-19(23(21)24)17-9-7-8-10-18(17)20/h7-10,13-14,19-20H,11-12,15-16H2,1-6H3. The Hall–Kier alpha value is -1.96. The molecule has 3 aliphatic carbocycles. The number of benzene rings is 2. The lowest BCUT2D eigenvalue weighted by Gasteiger charge is -2.42. The number of hydrogen-bond donors (Lipinski definition) is 0. The number of hydrogen-bond acceptors (Lipinski definition) is 2. The van der Waals surface area contributed by atoms with Crippen LogP contribution < -0.4 is 9.47 Å². The van der Waals surface area contributed by atoms with Crippen LogP contribution >= 0.6 is 0 Å². The van der Waals surface area contributed by atoms with E-state index in [0.29, 0.717) is 11.8 Å². The lowest BCUT2D eigenvalue weighted by molar-refractivity contribution is 0.188. The summed E-state index contributed by atoms with van der Waals surface area (Å²) >= 11 is 0. The minimum Gasteiger partial charge on any atom is -0.493 e. The molecular weight excluding hydrogens is 344 g/mol. The van der Waals surface area contributed by atoms with Crippen LogP contribution in [-0.4, -0.2) is 13.2 Å². The average molecular weight is 379 g/mol. The van der Waals surface area contributed by atoms with Crippen LogP contribution in [0.5, 0.6) is 11.5 Å². The van der Waals surface area contributed by atoms with Crippen molar-refractivity contribution in [1.82, 2.24) is 0 Å². The van der Waals surface area contributed by atoms with Gasteiger partial charge in [0.15, 0.2) is 0 Å². The molecule has 28 heavy (non-hydrogen) atoms. The van der Waals surface area contributed by atoms with Gasteiger partial charge in [-0.1, -0.05) is 65.8 Å². The molecule has 0 saturated heterocycles. The van der Waals surface area contributed by atoms with Crippen LogP contribution in [0.1, 0.15) is 88.5 Å². The van der Waals surface area contributed by atoms with Crippen LogP contribution in [0.15, 0.2) is 36.4 Å². The maximum atomic E-state index is 6.38. The summed E-state index contributed by atoms with van der Waals surface area (Å²) in [7, 11) is 0. The fourth-order valence-electron chi connectivity index (χ4n) is 4.55. The molecule has 2 nitrogen and oxygen atoms in total. The fourth-order valence-corrected chi connectivity index (χ4v) is 4.55. The Morgan fingerprint density at radius 3 is 1.43 bits per heavy atom. The summed E-state index contributed by atoms with van der Waals surface area (Å²) in [6.45, 7) is 14.8. The van der Waals surface area contributed by atoms with Crippen molar-refractivity contribution in [3.05, 3.63) is 58.7 Å². The molecule has 2 atom stereocenters. The molecule has 0 aromatic heterocycles. The summed E-state index contributed by atoms with van der Waals surface area (Å²) in [6, 6.07) is 13.3. The lowest BCUT2D eigenvalue weighted by atomic mass is 9.63. The number of ether oxygens (including phenoxy) is 2. The van der Waals surface area contributed by atoms with E-state index in [4.69, 9.17) is 9.47 Å². The predicted octanol–water partition coefficient (Wildman–Crippen LogP) is 6.91. The van der Waals surface area contributed by atoms with Crippen LogP contribution in [0.4, 0.5) is 0 Å². The van der Waals surface area contributed by atoms with E-state index in [1.54, 1.807) is 0 Å². The highest BCUT2D eigenvalue weighted by Crippen LogP contribution is 2.57. The molecular formula is C26H34O2. The number of fused-ring (bicyclic) bond motifs is 1. The zero-order chi connectivity index (χ0) is 20.1. The van der Waals surface area contributed by atoms with Gasteiger partial charge in [-0.15, -0.1) is 0 Å². The summed E-state index contributed by atoms with van der Waals surface area (Å²) in [6.07, 6.45) is 2.40. The van der Waals surface area contributed by atoms with E-state index in [2.05, 4.69) is 77.9 Å². The van der Waals surface area contributed by atoms with E-state index >= 15 is 0 Å². The molecule has 2 unspecified atom stereocenters. The third kappa shape index (κ3) is 3.66. The molecule has 2 aromatic rings. The first-order valence-electron chi connectivity index (χ1n) is 10.7. The van der Waals surface area contributed by atoms with Gasteiger partial charge in [0.1, 0.15) is 11.5 Å². The van der Waals surface area contributed by atoms with Crippen LogP contribution in [0, 0.1) is 10.8 Å². The third-order valence-corrected chi connectivity index (χ3v) is 5.72.